The number of carboxylic acid groups (broad SMARTS) is 1. The molecule has 10 heteroatoms. The van der Waals surface area contributed by atoms with Crippen molar-refractivity contribution in [1.82, 2.24) is 4.31 Å². The first kappa shape index (κ1) is 16.9. The van der Waals surface area contributed by atoms with Crippen LogP contribution in [0, 0.1) is 10.1 Å². The van der Waals surface area contributed by atoms with Gasteiger partial charge in [0.2, 0.25) is 0 Å². The summed E-state index contributed by atoms with van der Waals surface area (Å²) in [6.45, 7) is 3.26. The minimum Gasteiger partial charge on any atom is -0.478 e. The van der Waals surface area contributed by atoms with Gasteiger partial charge < -0.3 is 5.11 Å². The molecule has 0 amide bonds. The summed E-state index contributed by atoms with van der Waals surface area (Å²) >= 11 is 0. The van der Waals surface area contributed by atoms with E-state index >= 15 is 0 Å². The van der Waals surface area contributed by atoms with E-state index in [1.54, 1.807) is 13.8 Å². The Morgan fingerprint density at radius 2 is 2.00 bits per heavy atom. The standard InChI is InChI=1S/C11H15N3O6S/c1-7(2)13(3)21(19,20)12-10-6-8(14(17)18)4-5-9(10)11(15)16/h4-7,12H,1-3H3,(H,15,16). The first-order chi connectivity index (χ1) is 9.56. The molecule has 21 heavy (non-hydrogen) atoms. The number of carbonyl (C=O) groups is 1. The Bertz CT molecular complexity index is 671. The minimum atomic E-state index is -4.01. The number of aromatic carboxylic acids is 1. The van der Waals surface area contributed by atoms with Crippen LogP contribution < -0.4 is 4.72 Å². The van der Waals surface area contributed by atoms with Crippen LogP contribution in [0.3, 0.4) is 0 Å². The zero-order chi connectivity index (χ0) is 16.4. The zero-order valence-corrected chi connectivity index (χ0v) is 12.4. The van der Waals surface area contributed by atoms with Gasteiger partial charge in [0.25, 0.3) is 5.69 Å². The molecule has 116 valence electrons. The van der Waals surface area contributed by atoms with Crippen LogP contribution in [0.4, 0.5) is 11.4 Å². The van der Waals surface area contributed by atoms with Crippen molar-refractivity contribution >= 4 is 27.6 Å². The third-order valence-corrected chi connectivity index (χ3v) is 4.45. The van der Waals surface area contributed by atoms with E-state index in [2.05, 4.69) is 4.72 Å². The minimum absolute atomic E-state index is 0.357. The van der Waals surface area contributed by atoms with Gasteiger partial charge in [0.15, 0.2) is 0 Å². The fourth-order valence-corrected chi connectivity index (χ4v) is 2.55. The van der Waals surface area contributed by atoms with Gasteiger partial charge in [-0.15, -0.1) is 0 Å². The van der Waals surface area contributed by atoms with Crippen LogP contribution in [0.1, 0.15) is 24.2 Å². The lowest BCUT2D eigenvalue weighted by Crippen LogP contribution is -2.37. The lowest BCUT2D eigenvalue weighted by atomic mass is 10.1. The normalized spacial score (nSPS) is 11.7. The smallest absolute Gasteiger partial charge is 0.337 e. The molecule has 0 aliphatic carbocycles. The molecule has 0 atom stereocenters. The molecule has 1 rings (SSSR count). The predicted octanol–water partition coefficient (Wildman–Crippen LogP) is 1.29. The lowest BCUT2D eigenvalue weighted by Gasteiger charge is -2.22. The van der Waals surface area contributed by atoms with Gasteiger partial charge in [-0.25, -0.2) is 4.79 Å². The zero-order valence-electron chi connectivity index (χ0n) is 11.6. The van der Waals surface area contributed by atoms with Crippen molar-refractivity contribution in [3.05, 3.63) is 33.9 Å². The maximum absolute atomic E-state index is 12.0. The van der Waals surface area contributed by atoms with E-state index in [0.29, 0.717) is 0 Å². The maximum atomic E-state index is 12.0. The number of non-ortho nitro benzene ring substituents is 1. The van der Waals surface area contributed by atoms with Crippen molar-refractivity contribution in [3.8, 4) is 0 Å². The Morgan fingerprint density at radius 1 is 1.43 bits per heavy atom. The summed E-state index contributed by atoms with van der Waals surface area (Å²) in [6, 6.07) is 2.48. The molecule has 0 heterocycles. The van der Waals surface area contributed by atoms with Gasteiger partial charge in [0.1, 0.15) is 0 Å². The van der Waals surface area contributed by atoms with Crippen molar-refractivity contribution < 1.29 is 23.2 Å². The van der Waals surface area contributed by atoms with Crippen molar-refractivity contribution in [2.75, 3.05) is 11.8 Å². The number of carboxylic acids is 1. The Hall–Kier alpha value is -2.20. The summed E-state index contributed by atoms with van der Waals surface area (Å²) in [5.74, 6) is -1.39. The van der Waals surface area contributed by atoms with E-state index in [1.165, 1.54) is 7.05 Å². The second-order valence-corrected chi connectivity index (χ2v) is 6.24. The first-order valence-corrected chi connectivity index (χ1v) is 7.27. The molecule has 0 saturated carbocycles. The molecule has 1 aromatic rings. The Balaban J connectivity index is 3.31. The average Bonchev–Trinajstić information content (AvgIpc) is 2.36. The number of rotatable bonds is 6. The van der Waals surface area contributed by atoms with E-state index in [-0.39, 0.29) is 17.3 Å². The second kappa shape index (κ2) is 6.06. The number of hydrogen-bond donors (Lipinski definition) is 2. The molecule has 0 aliphatic rings. The van der Waals surface area contributed by atoms with E-state index < -0.39 is 26.8 Å². The molecule has 0 bridgehead atoms. The number of nitrogens with one attached hydrogen (secondary N) is 1. The van der Waals surface area contributed by atoms with Gasteiger partial charge in [-0.05, 0) is 19.9 Å². The van der Waals surface area contributed by atoms with Crippen molar-refractivity contribution in [3.63, 3.8) is 0 Å². The van der Waals surface area contributed by atoms with Crippen LogP contribution in [-0.4, -0.2) is 41.8 Å². The first-order valence-electron chi connectivity index (χ1n) is 5.83. The summed E-state index contributed by atoms with van der Waals surface area (Å²) in [5.41, 5.74) is -1.14. The van der Waals surface area contributed by atoms with Crippen LogP contribution in [0.2, 0.25) is 0 Å². The van der Waals surface area contributed by atoms with Gasteiger partial charge in [-0.2, -0.15) is 12.7 Å². The summed E-state index contributed by atoms with van der Waals surface area (Å²) < 4.78 is 27.1. The highest BCUT2D eigenvalue weighted by Crippen LogP contribution is 2.24. The monoisotopic (exact) mass is 317 g/mol. The van der Waals surface area contributed by atoms with Crippen molar-refractivity contribution in [2.45, 2.75) is 19.9 Å². The maximum Gasteiger partial charge on any atom is 0.337 e. The van der Waals surface area contributed by atoms with Crippen LogP contribution in [0.5, 0.6) is 0 Å². The van der Waals surface area contributed by atoms with Crippen LogP contribution >= 0.6 is 0 Å². The summed E-state index contributed by atoms with van der Waals surface area (Å²) in [7, 11) is -2.70. The van der Waals surface area contributed by atoms with Crippen LogP contribution in [0.15, 0.2) is 18.2 Å². The van der Waals surface area contributed by atoms with E-state index in [0.717, 1.165) is 22.5 Å². The predicted molar refractivity (Wildman–Crippen MR) is 75.5 cm³/mol. The number of benzene rings is 1. The third kappa shape index (κ3) is 3.89. The molecule has 9 nitrogen and oxygen atoms in total. The molecule has 0 aromatic heterocycles. The molecular weight excluding hydrogens is 302 g/mol. The number of nitrogens with zero attached hydrogens (tertiary/aromatic N) is 2. The molecule has 0 saturated heterocycles. The van der Waals surface area contributed by atoms with Gasteiger partial charge in [0, 0.05) is 25.2 Å². The largest absolute Gasteiger partial charge is 0.478 e. The Labute approximate surface area is 121 Å². The Morgan fingerprint density at radius 3 is 2.43 bits per heavy atom. The summed E-state index contributed by atoms with van der Waals surface area (Å²) in [5, 5.41) is 19.7. The molecule has 0 radical (unpaired) electrons. The number of hydrogen-bond acceptors (Lipinski definition) is 5. The fourth-order valence-electron chi connectivity index (χ4n) is 1.41. The van der Waals surface area contributed by atoms with Crippen LogP contribution in [0.25, 0.3) is 0 Å². The topological polar surface area (TPSA) is 130 Å². The molecular formula is C11H15N3O6S. The van der Waals surface area contributed by atoms with Gasteiger partial charge in [-0.3, -0.25) is 14.8 Å². The molecule has 0 fully saturated rings. The highest BCUT2D eigenvalue weighted by atomic mass is 32.2. The van der Waals surface area contributed by atoms with E-state index in [1.807, 2.05) is 0 Å². The van der Waals surface area contributed by atoms with Gasteiger partial charge in [-0.1, -0.05) is 0 Å². The second-order valence-electron chi connectivity index (χ2n) is 4.51. The number of anilines is 1. The average molecular weight is 317 g/mol. The third-order valence-electron chi connectivity index (χ3n) is 2.79. The lowest BCUT2D eigenvalue weighted by molar-refractivity contribution is -0.384. The van der Waals surface area contributed by atoms with Gasteiger partial charge in [0.05, 0.1) is 16.2 Å². The summed E-state index contributed by atoms with van der Waals surface area (Å²) in [6.07, 6.45) is 0. The SMILES string of the molecule is CC(C)N(C)S(=O)(=O)Nc1cc([N+](=O)[O-])ccc1C(=O)O. The molecule has 2 N–H and O–H groups in total. The number of nitro benzene ring substituents is 1. The molecule has 0 spiro atoms. The highest BCUT2D eigenvalue weighted by molar-refractivity contribution is 7.90. The fraction of sp³-hybridized carbons (Fsp3) is 0.364. The van der Waals surface area contributed by atoms with Crippen molar-refractivity contribution in [2.24, 2.45) is 0 Å². The molecule has 0 aliphatic heterocycles. The van der Waals surface area contributed by atoms with E-state index in [9.17, 15) is 23.3 Å². The molecule has 0 unspecified atom stereocenters. The Kier molecular flexibility index (Phi) is 4.86. The molecule has 1 aromatic carbocycles. The number of nitro groups is 1. The van der Waals surface area contributed by atoms with Crippen molar-refractivity contribution in [1.29, 1.82) is 0 Å². The summed E-state index contributed by atoms with van der Waals surface area (Å²) in [4.78, 5) is 21.0. The highest BCUT2D eigenvalue weighted by Gasteiger charge is 2.24. The van der Waals surface area contributed by atoms with Gasteiger partial charge >= 0.3 is 16.2 Å². The van der Waals surface area contributed by atoms with E-state index in [4.69, 9.17) is 5.11 Å². The quantitative estimate of drug-likeness (QED) is 0.600. The van der Waals surface area contributed by atoms with Crippen LogP contribution in [-0.2, 0) is 10.2 Å².